The van der Waals surface area contributed by atoms with E-state index in [1.165, 1.54) is 11.2 Å². The van der Waals surface area contributed by atoms with Gasteiger partial charge in [-0.25, -0.2) is 9.98 Å². The number of hydrogen-bond acceptors (Lipinski definition) is 10. The van der Waals surface area contributed by atoms with Gasteiger partial charge in [-0.15, -0.1) is 0 Å². The van der Waals surface area contributed by atoms with Gasteiger partial charge in [0.1, 0.15) is 37.0 Å². The van der Waals surface area contributed by atoms with Crippen LogP contribution in [0.5, 0.6) is 0 Å². The number of aliphatic imine (C=N–C) groups is 3. The minimum absolute atomic E-state index is 0.0500. The molecule has 3 heterocycles. The lowest BCUT2D eigenvalue weighted by atomic mass is 9.91. The molecule has 5 atom stereocenters. The van der Waals surface area contributed by atoms with Crippen molar-refractivity contribution in [3.63, 3.8) is 0 Å². The van der Waals surface area contributed by atoms with Gasteiger partial charge in [0.05, 0.1) is 6.61 Å². The van der Waals surface area contributed by atoms with Crippen LogP contribution in [-0.2, 0) is 9.53 Å². The topological polar surface area (TPSA) is 153 Å². The van der Waals surface area contributed by atoms with Crippen molar-refractivity contribution in [1.82, 2.24) is 4.90 Å². The molecule has 24 heavy (non-hydrogen) atoms. The summed E-state index contributed by atoms with van der Waals surface area (Å²) in [6.45, 7) is 3.06. The van der Waals surface area contributed by atoms with E-state index in [1.807, 2.05) is 0 Å². The highest BCUT2D eigenvalue weighted by Crippen LogP contribution is 2.29. The fourth-order valence-corrected chi connectivity index (χ4v) is 3.04. The minimum Gasteiger partial charge on any atom is -0.394 e. The summed E-state index contributed by atoms with van der Waals surface area (Å²) < 4.78 is 5.50. The van der Waals surface area contributed by atoms with E-state index in [-0.39, 0.29) is 29.9 Å². The van der Waals surface area contributed by atoms with E-state index in [4.69, 9.17) is 10.5 Å². The second kappa shape index (κ2) is 5.97. The molecular weight excluding hydrogens is 318 g/mol. The molecule has 10 nitrogen and oxygen atoms in total. The number of Topliss-reactive ketones (excluding diaryl/α,β-unsaturated/α-hetero) is 1. The number of nitrogens with zero attached hydrogens (tertiary/aromatic N) is 4. The van der Waals surface area contributed by atoms with E-state index in [1.54, 1.807) is 13.8 Å². The molecule has 1 fully saturated rings. The van der Waals surface area contributed by atoms with E-state index in [0.717, 1.165) is 0 Å². The van der Waals surface area contributed by atoms with Gasteiger partial charge in [-0.3, -0.25) is 15.5 Å². The summed E-state index contributed by atoms with van der Waals surface area (Å²) in [4.78, 5) is 26.4. The summed E-state index contributed by atoms with van der Waals surface area (Å²) in [6, 6.07) is 0. The number of aliphatic hydroxyl groups is 3. The summed E-state index contributed by atoms with van der Waals surface area (Å²) in [5.41, 5.74) is 4.77. The van der Waals surface area contributed by atoms with Gasteiger partial charge >= 0.3 is 0 Å². The van der Waals surface area contributed by atoms with E-state index in [9.17, 15) is 20.1 Å². The Balaban J connectivity index is 1.87. The first-order chi connectivity index (χ1) is 11.3. The monoisotopic (exact) mass is 339 g/mol. The van der Waals surface area contributed by atoms with Crippen molar-refractivity contribution in [3.8, 4) is 0 Å². The number of fused-ring (bicyclic) bond motifs is 1. The maximum atomic E-state index is 12.5. The quantitative estimate of drug-likeness (QED) is 0.440. The summed E-state index contributed by atoms with van der Waals surface area (Å²) >= 11 is 0. The number of carbonyl (C=O) groups excluding carboxylic acids is 1. The zero-order chi connectivity index (χ0) is 17.6. The van der Waals surface area contributed by atoms with Crippen molar-refractivity contribution in [1.29, 1.82) is 0 Å². The molecule has 3 aliphatic heterocycles. The zero-order valence-corrected chi connectivity index (χ0v) is 13.4. The Bertz CT molecular complexity index is 633. The molecule has 5 N–H and O–H groups in total. The van der Waals surface area contributed by atoms with Crippen LogP contribution in [0.3, 0.4) is 0 Å². The summed E-state index contributed by atoms with van der Waals surface area (Å²) in [6.07, 6.45) is -3.17. The molecule has 0 aromatic carbocycles. The highest BCUT2D eigenvalue weighted by atomic mass is 16.6. The third kappa shape index (κ3) is 2.38. The number of amidine groups is 1. The SMILES string of the molecule is CC(C)C(=O)C1(N)N=CN=C2C1=NCN2[C@@H]1O[C@H](CO)[C@@H](O)[C@H]1O. The molecule has 10 heteroatoms. The molecule has 0 saturated carbocycles. The lowest BCUT2D eigenvalue weighted by Crippen LogP contribution is -2.60. The van der Waals surface area contributed by atoms with Crippen LogP contribution in [0.15, 0.2) is 15.0 Å². The zero-order valence-electron chi connectivity index (χ0n) is 13.4. The molecule has 0 aromatic rings. The van der Waals surface area contributed by atoms with Crippen LogP contribution in [0.1, 0.15) is 13.8 Å². The molecule has 3 aliphatic rings. The van der Waals surface area contributed by atoms with Gasteiger partial charge in [0.15, 0.2) is 17.8 Å². The Labute approximate surface area is 138 Å². The maximum absolute atomic E-state index is 12.5. The molecule has 0 aromatic heterocycles. The Morgan fingerprint density at radius 3 is 2.79 bits per heavy atom. The van der Waals surface area contributed by atoms with Gasteiger partial charge in [-0.1, -0.05) is 13.8 Å². The smallest absolute Gasteiger partial charge is 0.215 e. The Kier molecular flexibility index (Phi) is 4.26. The lowest BCUT2D eigenvalue weighted by Gasteiger charge is -2.32. The van der Waals surface area contributed by atoms with Crippen LogP contribution in [0.4, 0.5) is 0 Å². The average Bonchev–Trinajstić information content (AvgIpc) is 3.10. The number of ether oxygens (including phenoxy) is 1. The molecule has 1 unspecified atom stereocenters. The Morgan fingerprint density at radius 1 is 1.50 bits per heavy atom. The van der Waals surface area contributed by atoms with Crippen molar-refractivity contribution in [3.05, 3.63) is 0 Å². The number of nitrogens with two attached hydrogens (primary N) is 1. The van der Waals surface area contributed by atoms with Gasteiger partial charge in [0.25, 0.3) is 0 Å². The van der Waals surface area contributed by atoms with Crippen LogP contribution in [0.2, 0.25) is 0 Å². The molecule has 1 saturated heterocycles. The van der Waals surface area contributed by atoms with Gasteiger partial charge in [-0.2, -0.15) is 0 Å². The third-order valence-corrected chi connectivity index (χ3v) is 4.39. The Morgan fingerprint density at radius 2 is 2.21 bits per heavy atom. The first-order valence-electron chi connectivity index (χ1n) is 7.70. The minimum atomic E-state index is -1.63. The summed E-state index contributed by atoms with van der Waals surface area (Å²) in [7, 11) is 0. The van der Waals surface area contributed by atoms with Gasteiger partial charge in [0.2, 0.25) is 5.66 Å². The second-order valence-electron chi connectivity index (χ2n) is 6.33. The van der Waals surface area contributed by atoms with Crippen LogP contribution >= 0.6 is 0 Å². The predicted molar refractivity (Wildman–Crippen MR) is 84.6 cm³/mol. The van der Waals surface area contributed by atoms with Crippen LogP contribution < -0.4 is 5.73 Å². The van der Waals surface area contributed by atoms with Gasteiger partial charge in [0, 0.05) is 5.92 Å². The summed E-state index contributed by atoms with van der Waals surface area (Å²) in [5, 5.41) is 29.3. The molecule has 132 valence electrons. The number of ketones is 1. The van der Waals surface area contributed by atoms with Crippen molar-refractivity contribution in [2.24, 2.45) is 26.6 Å². The molecule has 0 bridgehead atoms. The normalized spacial score (nSPS) is 38.4. The number of aliphatic hydroxyl groups excluding tert-OH is 3. The maximum Gasteiger partial charge on any atom is 0.215 e. The standard InChI is InChI=1S/C14H21N5O5/c1-6(2)11(23)14(15)10-12(16-4-18-14)19(5-17-10)13-9(22)8(21)7(3-20)24-13/h4,6-9,13,20-22H,3,5,15H2,1-2H3/t7-,8-,9-,13-,14?/m1/s1. The second-order valence-corrected chi connectivity index (χ2v) is 6.33. The van der Waals surface area contributed by atoms with Crippen LogP contribution in [0.25, 0.3) is 0 Å². The Hall–Kier alpha value is -1.72. The molecule has 0 radical (unpaired) electrons. The van der Waals surface area contributed by atoms with Crippen molar-refractivity contribution < 1.29 is 24.9 Å². The first kappa shape index (κ1) is 17.1. The van der Waals surface area contributed by atoms with E-state index >= 15 is 0 Å². The fourth-order valence-electron chi connectivity index (χ4n) is 3.04. The van der Waals surface area contributed by atoms with Gasteiger partial charge in [-0.05, 0) is 0 Å². The summed E-state index contributed by atoms with van der Waals surface area (Å²) in [5.74, 6) is -0.374. The van der Waals surface area contributed by atoms with Crippen LogP contribution in [0, 0.1) is 5.92 Å². The average molecular weight is 339 g/mol. The third-order valence-electron chi connectivity index (χ3n) is 4.39. The van der Waals surface area contributed by atoms with Crippen molar-refractivity contribution in [2.75, 3.05) is 13.3 Å². The first-order valence-corrected chi connectivity index (χ1v) is 7.70. The molecular formula is C14H21N5O5. The number of carbonyl (C=O) groups is 1. The highest BCUT2D eigenvalue weighted by Gasteiger charge is 2.52. The lowest BCUT2D eigenvalue weighted by molar-refractivity contribution is -0.124. The van der Waals surface area contributed by atoms with E-state index in [0.29, 0.717) is 0 Å². The van der Waals surface area contributed by atoms with Crippen molar-refractivity contribution in [2.45, 2.75) is 44.1 Å². The van der Waals surface area contributed by atoms with Crippen LogP contribution in [-0.4, -0.2) is 87.4 Å². The number of hydrogen-bond donors (Lipinski definition) is 4. The van der Waals surface area contributed by atoms with Crippen molar-refractivity contribution >= 4 is 23.7 Å². The number of rotatable bonds is 4. The highest BCUT2D eigenvalue weighted by molar-refractivity contribution is 6.51. The fraction of sp³-hybridized carbons (Fsp3) is 0.714. The molecule has 0 spiro atoms. The largest absolute Gasteiger partial charge is 0.394 e. The molecule has 3 rings (SSSR count). The van der Waals surface area contributed by atoms with E-state index < -0.39 is 36.8 Å². The van der Waals surface area contributed by atoms with Gasteiger partial charge < -0.3 is 25.0 Å². The van der Waals surface area contributed by atoms with E-state index in [2.05, 4.69) is 15.0 Å². The molecule has 0 amide bonds. The molecule has 0 aliphatic carbocycles. The predicted octanol–water partition coefficient (Wildman–Crippen LogP) is -2.54.